The molecule has 2 N–H and O–H groups in total. The van der Waals surface area contributed by atoms with Gasteiger partial charge in [0.25, 0.3) is 0 Å². The first-order chi connectivity index (χ1) is 8.58. The predicted octanol–water partition coefficient (Wildman–Crippen LogP) is 4.23. The SMILES string of the molecule is NC1(c2cc(F)ccc2Cl)CCCC(C2CC2)C1. The Hall–Kier alpha value is -0.600. The van der Waals surface area contributed by atoms with E-state index in [1.807, 2.05) is 0 Å². The van der Waals surface area contributed by atoms with E-state index in [4.69, 9.17) is 17.3 Å². The van der Waals surface area contributed by atoms with Crippen LogP contribution in [0.5, 0.6) is 0 Å². The summed E-state index contributed by atoms with van der Waals surface area (Å²) in [6.07, 6.45) is 6.97. The van der Waals surface area contributed by atoms with Crippen LogP contribution in [0.1, 0.15) is 44.1 Å². The molecule has 2 unspecified atom stereocenters. The zero-order valence-electron chi connectivity index (χ0n) is 10.5. The summed E-state index contributed by atoms with van der Waals surface area (Å²) < 4.78 is 13.4. The molecule has 0 bridgehead atoms. The molecule has 3 heteroatoms. The molecule has 3 rings (SSSR count). The van der Waals surface area contributed by atoms with Crippen molar-refractivity contribution in [2.45, 2.75) is 44.1 Å². The van der Waals surface area contributed by atoms with Gasteiger partial charge in [0.2, 0.25) is 0 Å². The van der Waals surface area contributed by atoms with Crippen LogP contribution in [-0.2, 0) is 5.54 Å². The lowest BCUT2D eigenvalue weighted by atomic mass is 9.71. The van der Waals surface area contributed by atoms with Gasteiger partial charge in [-0.2, -0.15) is 0 Å². The normalized spacial score (nSPS) is 32.5. The maximum atomic E-state index is 13.4. The Morgan fingerprint density at radius 1 is 1.22 bits per heavy atom. The Labute approximate surface area is 113 Å². The molecule has 0 aliphatic heterocycles. The van der Waals surface area contributed by atoms with Crippen LogP contribution in [0.3, 0.4) is 0 Å². The molecule has 18 heavy (non-hydrogen) atoms. The van der Waals surface area contributed by atoms with Crippen LogP contribution in [0.15, 0.2) is 18.2 Å². The standard InChI is InChI=1S/C15H19ClFN/c16-14-6-5-12(17)8-13(14)15(18)7-1-2-11(9-15)10-3-4-10/h5-6,8,10-11H,1-4,7,9,18H2. The van der Waals surface area contributed by atoms with E-state index in [-0.39, 0.29) is 5.82 Å². The summed E-state index contributed by atoms with van der Waals surface area (Å²) in [5.74, 6) is 1.33. The number of nitrogens with two attached hydrogens (primary N) is 1. The molecule has 0 heterocycles. The Morgan fingerprint density at radius 3 is 2.72 bits per heavy atom. The average Bonchev–Trinajstić information content (AvgIpc) is 3.16. The summed E-state index contributed by atoms with van der Waals surface area (Å²) in [5.41, 5.74) is 6.93. The molecule has 0 spiro atoms. The van der Waals surface area contributed by atoms with Crippen molar-refractivity contribution in [1.82, 2.24) is 0 Å². The van der Waals surface area contributed by atoms with Crippen LogP contribution in [0.2, 0.25) is 5.02 Å². The minimum absolute atomic E-state index is 0.243. The van der Waals surface area contributed by atoms with Crippen LogP contribution in [0.25, 0.3) is 0 Å². The molecule has 2 aliphatic carbocycles. The summed E-state index contributed by atoms with van der Waals surface area (Å²) in [6.45, 7) is 0. The van der Waals surface area contributed by atoms with Crippen molar-refractivity contribution >= 4 is 11.6 Å². The van der Waals surface area contributed by atoms with Gasteiger partial charge >= 0.3 is 0 Å². The monoisotopic (exact) mass is 267 g/mol. The first-order valence-corrected chi connectivity index (χ1v) is 7.21. The third-order valence-corrected chi connectivity index (χ3v) is 4.91. The number of halogens is 2. The maximum Gasteiger partial charge on any atom is 0.123 e. The molecular weight excluding hydrogens is 249 g/mol. The molecule has 2 atom stereocenters. The zero-order chi connectivity index (χ0) is 12.8. The highest BCUT2D eigenvalue weighted by Crippen LogP contribution is 2.49. The Morgan fingerprint density at radius 2 is 2.00 bits per heavy atom. The van der Waals surface area contributed by atoms with Gasteiger partial charge in [-0.3, -0.25) is 0 Å². The van der Waals surface area contributed by atoms with Gasteiger partial charge in [-0.1, -0.05) is 24.4 Å². The third-order valence-electron chi connectivity index (χ3n) is 4.58. The van der Waals surface area contributed by atoms with E-state index in [1.165, 1.54) is 31.4 Å². The van der Waals surface area contributed by atoms with Crippen molar-refractivity contribution in [3.8, 4) is 0 Å². The van der Waals surface area contributed by atoms with Crippen molar-refractivity contribution in [3.63, 3.8) is 0 Å². The van der Waals surface area contributed by atoms with Crippen molar-refractivity contribution < 1.29 is 4.39 Å². The highest BCUT2D eigenvalue weighted by atomic mass is 35.5. The first-order valence-electron chi connectivity index (χ1n) is 6.83. The van der Waals surface area contributed by atoms with Crippen molar-refractivity contribution in [2.75, 3.05) is 0 Å². The first kappa shape index (κ1) is 12.4. The summed E-state index contributed by atoms with van der Waals surface area (Å²) >= 11 is 6.22. The predicted molar refractivity (Wildman–Crippen MR) is 72.0 cm³/mol. The lowest BCUT2D eigenvalue weighted by Gasteiger charge is -2.39. The fraction of sp³-hybridized carbons (Fsp3) is 0.600. The summed E-state index contributed by atoms with van der Waals surface area (Å²) in [7, 11) is 0. The molecule has 2 saturated carbocycles. The molecular formula is C15H19ClFN. The van der Waals surface area contributed by atoms with E-state index in [0.29, 0.717) is 10.9 Å². The van der Waals surface area contributed by atoms with Gasteiger partial charge in [-0.05, 0) is 61.3 Å². The number of hydrogen-bond acceptors (Lipinski definition) is 1. The molecule has 0 radical (unpaired) electrons. The second-order valence-electron chi connectivity index (χ2n) is 5.97. The Kier molecular flexibility index (Phi) is 3.11. The number of benzene rings is 1. The Bertz CT molecular complexity index is 458. The van der Waals surface area contributed by atoms with Gasteiger partial charge in [-0.15, -0.1) is 0 Å². The highest BCUT2D eigenvalue weighted by Gasteiger charge is 2.41. The van der Waals surface area contributed by atoms with Crippen LogP contribution < -0.4 is 5.73 Å². The van der Waals surface area contributed by atoms with Gasteiger partial charge in [-0.25, -0.2) is 4.39 Å². The topological polar surface area (TPSA) is 26.0 Å². The van der Waals surface area contributed by atoms with Crippen LogP contribution in [-0.4, -0.2) is 0 Å². The lowest BCUT2D eigenvalue weighted by Crippen LogP contribution is -2.42. The van der Waals surface area contributed by atoms with Gasteiger partial charge in [0, 0.05) is 10.6 Å². The van der Waals surface area contributed by atoms with Gasteiger partial charge in [0.1, 0.15) is 5.82 Å². The van der Waals surface area contributed by atoms with E-state index in [0.717, 1.165) is 30.7 Å². The van der Waals surface area contributed by atoms with Crippen molar-refractivity contribution in [2.24, 2.45) is 17.6 Å². The minimum atomic E-state index is -0.426. The fourth-order valence-corrected chi connectivity index (χ4v) is 3.75. The minimum Gasteiger partial charge on any atom is -0.321 e. The molecule has 1 aromatic carbocycles. The quantitative estimate of drug-likeness (QED) is 0.852. The van der Waals surface area contributed by atoms with Crippen LogP contribution >= 0.6 is 11.6 Å². The van der Waals surface area contributed by atoms with Gasteiger partial charge in [0.05, 0.1) is 0 Å². The van der Waals surface area contributed by atoms with Crippen LogP contribution in [0, 0.1) is 17.7 Å². The molecule has 0 saturated heterocycles. The van der Waals surface area contributed by atoms with E-state index < -0.39 is 5.54 Å². The zero-order valence-corrected chi connectivity index (χ0v) is 11.2. The molecule has 1 aromatic rings. The molecule has 98 valence electrons. The molecule has 0 aromatic heterocycles. The Balaban J connectivity index is 1.90. The van der Waals surface area contributed by atoms with E-state index in [9.17, 15) is 4.39 Å². The second kappa shape index (κ2) is 4.50. The highest BCUT2D eigenvalue weighted by molar-refractivity contribution is 6.31. The second-order valence-corrected chi connectivity index (χ2v) is 6.38. The van der Waals surface area contributed by atoms with Crippen molar-refractivity contribution in [3.05, 3.63) is 34.6 Å². The molecule has 0 amide bonds. The van der Waals surface area contributed by atoms with E-state index >= 15 is 0 Å². The van der Waals surface area contributed by atoms with Gasteiger partial charge in [0.15, 0.2) is 0 Å². The summed E-state index contributed by atoms with van der Waals surface area (Å²) in [4.78, 5) is 0. The maximum absolute atomic E-state index is 13.4. The third kappa shape index (κ3) is 2.28. The smallest absolute Gasteiger partial charge is 0.123 e. The number of hydrogen-bond donors (Lipinski definition) is 1. The largest absolute Gasteiger partial charge is 0.321 e. The lowest BCUT2D eigenvalue weighted by molar-refractivity contribution is 0.206. The summed E-state index contributed by atoms with van der Waals surface area (Å²) in [6, 6.07) is 4.55. The molecule has 2 aliphatic rings. The molecule has 2 fully saturated rings. The molecule has 1 nitrogen and oxygen atoms in total. The van der Waals surface area contributed by atoms with E-state index in [1.54, 1.807) is 6.07 Å². The fourth-order valence-electron chi connectivity index (χ4n) is 3.45. The van der Waals surface area contributed by atoms with E-state index in [2.05, 4.69) is 0 Å². The van der Waals surface area contributed by atoms with Gasteiger partial charge < -0.3 is 5.73 Å². The number of rotatable bonds is 2. The van der Waals surface area contributed by atoms with Crippen molar-refractivity contribution in [1.29, 1.82) is 0 Å². The average molecular weight is 268 g/mol. The van der Waals surface area contributed by atoms with Crippen LogP contribution in [0.4, 0.5) is 4.39 Å². The summed E-state index contributed by atoms with van der Waals surface area (Å²) in [5, 5.41) is 0.607.